The smallest absolute Gasteiger partial charge is 0.262 e. The minimum atomic E-state index is -0.534. The number of unbranched alkanes of at least 4 members (excludes halogenated alkanes) is 2. The van der Waals surface area contributed by atoms with E-state index in [-0.39, 0.29) is 52.3 Å². The number of aromatic nitrogens is 1. The van der Waals surface area contributed by atoms with E-state index < -0.39 is 22.9 Å². The molecule has 6 aromatic rings. The number of fused-ring (bicyclic) bond motifs is 7. The van der Waals surface area contributed by atoms with Gasteiger partial charge < -0.3 is 0 Å². The third-order valence-corrected chi connectivity index (χ3v) is 10.9. The van der Waals surface area contributed by atoms with Crippen LogP contribution in [0.2, 0.25) is 0 Å². The van der Waals surface area contributed by atoms with Crippen LogP contribution in [0.25, 0.3) is 53.9 Å². The standard InChI is InChI=1S/C41H42N2O5/c1-5-9-13-23(7-3)21-42-38(45)31-20-27-19-30-33(28-17-25-15-11-12-16-26(25)18-29(28)37(30)44)35-32(27)36(34(31)39(42)46)41(48)43(40(35)47)22-24(8-4)14-10-6-2/h11-12,15-20,23-24H,5-10,13-14,21-22H2,1-4H3. The number of imide groups is 1. The zero-order chi connectivity index (χ0) is 33.9. The summed E-state index contributed by atoms with van der Waals surface area (Å²) < 4.78 is 1.30. The molecule has 48 heavy (non-hydrogen) atoms. The molecule has 7 nitrogen and oxygen atoms in total. The Morgan fingerprint density at radius 1 is 0.562 bits per heavy atom. The quantitative estimate of drug-likeness (QED) is 0.125. The number of nitrogens with zero attached hydrogens (tertiary/aromatic N) is 2. The predicted octanol–water partition coefficient (Wildman–Crippen LogP) is 8.24. The number of carbonyl (C=O) groups excluding carboxylic acids is 2. The summed E-state index contributed by atoms with van der Waals surface area (Å²) in [6, 6.07) is 15.0. The Morgan fingerprint density at radius 2 is 1.10 bits per heavy atom. The summed E-state index contributed by atoms with van der Waals surface area (Å²) in [4.78, 5) is 72.9. The van der Waals surface area contributed by atoms with Crippen LogP contribution in [0.1, 0.15) is 99.8 Å². The van der Waals surface area contributed by atoms with E-state index in [1.165, 1.54) is 9.47 Å². The molecule has 2 atom stereocenters. The fraction of sp³-hybridized carbons (Fsp3) is 0.390. The lowest BCUT2D eigenvalue weighted by Crippen LogP contribution is -2.43. The minimum Gasteiger partial charge on any atom is -0.289 e. The number of rotatable bonds is 12. The molecule has 2 unspecified atom stereocenters. The number of benzene rings is 4. The van der Waals surface area contributed by atoms with Crippen LogP contribution in [0, 0.1) is 11.8 Å². The lowest BCUT2D eigenvalue weighted by molar-refractivity contribution is 0.0582. The second-order valence-corrected chi connectivity index (χ2v) is 13.8. The van der Waals surface area contributed by atoms with E-state index in [2.05, 4.69) is 27.7 Å². The summed E-state index contributed by atoms with van der Waals surface area (Å²) in [5.41, 5.74) is -0.689. The van der Waals surface area contributed by atoms with Gasteiger partial charge in [-0.15, -0.1) is 0 Å². The Hall–Kier alpha value is -4.65. The average molecular weight is 643 g/mol. The highest BCUT2D eigenvalue weighted by Gasteiger charge is 2.39. The summed E-state index contributed by atoms with van der Waals surface area (Å²) in [6.45, 7) is 8.86. The fourth-order valence-electron chi connectivity index (χ4n) is 8.05. The van der Waals surface area contributed by atoms with Gasteiger partial charge in [0, 0.05) is 34.6 Å². The SMILES string of the molecule is CCCCC(CC)CN1C(=O)c2c3c(c4c(cc3cc3c(=O)n(CC(CC)CCCC)c(=O)c23)c(=O)c2cc3ccccc3cc24)C1=O. The van der Waals surface area contributed by atoms with Gasteiger partial charge in [-0.25, -0.2) is 0 Å². The van der Waals surface area contributed by atoms with Crippen LogP contribution in [0.5, 0.6) is 0 Å². The van der Waals surface area contributed by atoms with Gasteiger partial charge in [-0.3, -0.25) is 33.4 Å². The van der Waals surface area contributed by atoms with Gasteiger partial charge in [-0.05, 0) is 70.5 Å². The van der Waals surface area contributed by atoms with Crippen molar-refractivity contribution in [2.45, 2.75) is 85.6 Å². The lowest BCUT2D eigenvalue weighted by Gasteiger charge is -2.31. The molecule has 1 aromatic heterocycles. The molecule has 7 heteroatoms. The van der Waals surface area contributed by atoms with E-state index in [1.54, 1.807) is 12.1 Å². The molecule has 7 rings (SSSR count). The zero-order valence-corrected chi connectivity index (χ0v) is 28.3. The Morgan fingerprint density at radius 3 is 1.71 bits per heavy atom. The molecule has 246 valence electrons. The Bertz CT molecular complexity index is 2430. The largest absolute Gasteiger partial charge is 0.289 e. The van der Waals surface area contributed by atoms with Gasteiger partial charge in [-0.1, -0.05) is 90.5 Å². The van der Waals surface area contributed by atoms with Gasteiger partial charge in [0.25, 0.3) is 22.9 Å². The van der Waals surface area contributed by atoms with Crippen molar-refractivity contribution in [3.63, 3.8) is 0 Å². The lowest BCUT2D eigenvalue weighted by atomic mass is 9.87. The molecule has 1 aliphatic heterocycles. The van der Waals surface area contributed by atoms with Crippen molar-refractivity contribution >= 4 is 65.7 Å². The second-order valence-electron chi connectivity index (χ2n) is 13.8. The van der Waals surface area contributed by atoms with Gasteiger partial charge in [0.2, 0.25) is 0 Å². The second kappa shape index (κ2) is 12.4. The summed E-state index contributed by atoms with van der Waals surface area (Å²) >= 11 is 0. The number of hydrogen-bond acceptors (Lipinski definition) is 5. The number of hydrogen-bond donors (Lipinski definition) is 0. The molecule has 5 aromatic carbocycles. The Balaban J connectivity index is 1.58. The van der Waals surface area contributed by atoms with Gasteiger partial charge in [0.1, 0.15) is 0 Å². The van der Waals surface area contributed by atoms with E-state index in [1.807, 2.05) is 36.4 Å². The third-order valence-electron chi connectivity index (χ3n) is 10.9. The monoisotopic (exact) mass is 642 g/mol. The molecule has 0 radical (unpaired) electrons. The van der Waals surface area contributed by atoms with Gasteiger partial charge in [0.15, 0.2) is 5.43 Å². The van der Waals surface area contributed by atoms with Crippen molar-refractivity contribution < 1.29 is 9.59 Å². The first-order valence-corrected chi connectivity index (χ1v) is 17.7. The van der Waals surface area contributed by atoms with Crippen LogP contribution in [0.15, 0.2) is 62.9 Å². The van der Waals surface area contributed by atoms with E-state index in [0.717, 1.165) is 62.1 Å². The highest BCUT2D eigenvalue weighted by molar-refractivity contribution is 6.37. The molecule has 0 bridgehead atoms. The van der Waals surface area contributed by atoms with Gasteiger partial charge >= 0.3 is 0 Å². The van der Waals surface area contributed by atoms with E-state index >= 15 is 0 Å². The summed E-state index contributed by atoms with van der Waals surface area (Å²) in [5, 5.41) is 5.00. The van der Waals surface area contributed by atoms with Crippen molar-refractivity contribution in [2.75, 3.05) is 6.54 Å². The first kappa shape index (κ1) is 31.9. The highest BCUT2D eigenvalue weighted by Crippen LogP contribution is 2.42. The van der Waals surface area contributed by atoms with Gasteiger partial charge in [0.05, 0.1) is 21.9 Å². The fourth-order valence-corrected chi connectivity index (χ4v) is 8.05. The Labute approximate surface area is 278 Å². The first-order chi connectivity index (χ1) is 23.2. The third kappa shape index (κ3) is 4.81. The molecule has 0 aliphatic carbocycles. The molecule has 0 spiro atoms. The van der Waals surface area contributed by atoms with Crippen LogP contribution >= 0.6 is 0 Å². The molecule has 2 amide bonds. The van der Waals surface area contributed by atoms with Crippen molar-refractivity contribution in [2.24, 2.45) is 11.8 Å². The first-order valence-electron chi connectivity index (χ1n) is 17.7. The maximum absolute atomic E-state index is 14.7. The molecule has 0 N–H and O–H groups in total. The van der Waals surface area contributed by atoms with E-state index in [0.29, 0.717) is 32.3 Å². The summed E-state index contributed by atoms with van der Waals surface area (Å²) in [5.74, 6) is -0.747. The highest BCUT2D eigenvalue weighted by atomic mass is 16.2. The van der Waals surface area contributed by atoms with Crippen LogP contribution < -0.4 is 16.5 Å². The van der Waals surface area contributed by atoms with Gasteiger partial charge in [-0.2, -0.15) is 0 Å². The average Bonchev–Trinajstić information content (AvgIpc) is 3.50. The molecule has 0 saturated carbocycles. The topological polar surface area (TPSA) is 93.5 Å². The predicted molar refractivity (Wildman–Crippen MR) is 195 cm³/mol. The van der Waals surface area contributed by atoms with Crippen LogP contribution in [-0.4, -0.2) is 27.8 Å². The number of carbonyl (C=O) groups is 2. The molecule has 0 saturated heterocycles. The van der Waals surface area contributed by atoms with Crippen molar-refractivity contribution in [1.29, 1.82) is 0 Å². The maximum Gasteiger partial charge on any atom is 0.262 e. The molecular weight excluding hydrogens is 600 g/mol. The molecule has 0 fully saturated rings. The van der Waals surface area contributed by atoms with Crippen LogP contribution in [0.3, 0.4) is 0 Å². The molecule has 2 heterocycles. The number of amides is 2. The maximum atomic E-state index is 14.7. The van der Waals surface area contributed by atoms with Crippen LogP contribution in [-0.2, 0) is 6.54 Å². The molecule has 1 aliphatic rings. The van der Waals surface area contributed by atoms with E-state index in [9.17, 15) is 24.0 Å². The van der Waals surface area contributed by atoms with Crippen molar-refractivity contribution in [1.82, 2.24) is 9.47 Å². The summed E-state index contributed by atoms with van der Waals surface area (Å²) in [6.07, 6.45) is 7.37. The zero-order valence-electron chi connectivity index (χ0n) is 28.3. The van der Waals surface area contributed by atoms with E-state index in [4.69, 9.17) is 0 Å². The van der Waals surface area contributed by atoms with Crippen molar-refractivity contribution in [3.05, 3.63) is 90.6 Å². The van der Waals surface area contributed by atoms with Crippen molar-refractivity contribution in [3.8, 4) is 0 Å². The minimum absolute atomic E-state index is 0.0824. The molecular formula is C41H42N2O5. The normalized spacial score (nSPS) is 14.8. The summed E-state index contributed by atoms with van der Waals surface area (Å²) in [7, 11) is 0. The van der Waals surface area contributed by atoms with Crippen LogP contribution in [0.4, 0.5) is 0 Å². The Kier molecular flexibility index (Phi) is 8.26.